The summed E-state index contributed by atoms with van der Waals surface area (Å²) in [6, 6.07) is 23.5. The van der Waals surface area contributed by atoms with Gasteiger partial charge in [0, 0.05) is 197 Å². The minimum Gasteiger partial charge on any atom is -0.545 e. The maximum atomic E-state index is 15.3. The van der Waals surface area contributed by atoms with Crippen molar-refractivity contribution in [3.63, 3.8) is 0 Å². The van der Waals surface area contributed by atoms with E-state index in [1.54, 1.807) is 62.2 Å². The molecule has 0 unspecified atom stereocenters. The van der Waals surface area contributed by atoms with Gasteiger partial charge in [-0.1, -0.05) is 56.9 Å². The zero-order chi connectivity index (χ0) is 102. The van der Waals surface area contributed by atoms with Crippen molar-refractivity contribution in [1.29, 1.82) is 0 Å². The number of thioether (sulfide) groups is 1. The first-order chi connectivity index (χ1) is 65.8. The van der Waals surface area contributed by atoms with Crippen molar-refractivity contribution >= 4 is 230 Å². The Morgan fingerprint density at radius 1 is 0.403 bits per heavy atom. The fourth-order valence-electron chi connectivity index (χ4n) is 16.7. The predicted molar refractivity (Wildman–Crippen MR) is 534 cm³/mol. The van der Waals surface area contributed by atoms with E-state index in [0.29, 0.717) is 154 Å². The van der Waals surface area contributed by atoms with Gasteiger partial charge in [0.05, 0.1) is 67.9 Å². The number of piperazine rings is 4. The summed E-state index contributed by atoms with van der Waals surface area (Å²) in [6.45, 7) is 9.36. The summed E-state index contributed by atoms with van der Waals surface area (Å²) < 4.78 is 114. The number of aromatic carboxylic acids is 4. The van der Waals surface area contributed by atoms with Gasteiger partial charge in [0.1, 0.15) is 38.7 Å². The van der Waals surface area contributed by atoms with Crippen LogP contribution >= 0.6 is 101 Å². The summed E-state index contributed by atoms with van der Waals surface area (Å²) in [7, 11) is -22.0. The monoisotopic (exact) mass is 2330 g/mol. The van der Waals surface area contributed by atoms with Crippen LogP contribution in [0.2, 0.25) is 0 Å². The number of hydrogen-bond donors (Lipinski definition) is 13. The van der Waals surface area contributed by atoms with E-state index in [4.69, 9.17) is 81.5 Å². The first-order valence-corrected chi connectivity index (χ1v) is 53.7. The Morgan fingerprint density at radius 3 is 0.889 bits per heavy atom. The number of carboxylic acid groups (broad SMARTS) is 4. The number of aliphatic hydroxyl groups is 2. The Balaban J connectivity index is 0.000000189. The van der Waals surface area contributed by atoms with Crippen molar-refractivity contribution in [2.24, 2.45) is 0 Å². The second kappa shape index (κ2) is 49.2. The van der Waals surface area contributed by atoms with E-state index < -0.39 is 139 Å². The summed E-state index contributed by atoms with van der Waals surface area (Å²) in [5.41, 5.74) is -0.294. The largest absolute Gasteiger partial charge is 1.00 e. The fourth-order valence-corrected chi connectivity index (χ4v) is 23.3. The van der Waals surface area contributed by atoms with Gasteiger partial charge in [-0.15, -0.1) is 0 Å². The van der Waals surface area contributed by atoms with Crippen molar-refractivity contribution < 1.29 is 243 Å². The molecule has 8 fully saturated rings. The molecule has 4 saturated carbocycles. The summed E-state index contributed by atoms with van der Waals surface area (Å²) in [6.07, 6.45) is 10.7. The minimum atomic E-state index is -5.59. The van der Waals surface area contributed by atoms with Gasteiger partial charge in [0.2, 0.25) is 10.9 Å². The number of carbonyl (C=O) groups excluding carboxylic acids is 2. The van der Waals surface area contributed by atoms with Gasteiger partial charge in [-0.25, -0.2) is 27.2 Å². The molecule has 0 spiro atoms. The summed E-state index contributed by atoms with van der Waals surface area (Å²) in [5.74, 6) is -7.93. The number of carbonyl (C=O) groups is 4. The van der Waals surface area contributed by atoms with Crippen LogP contribution in [0.1, 0.15) is 128 Å². The second-order valence-corrected chi connectivity index (χ2v) is 47.5. The molecule has 0 bridgehead atoms. The van der Waals surface area contributed by atoms with Crippen LogP contribution in [0.4, 0.5) is 40.3 Å². The number of halogens is 5. The van der Waals surface area contributed by atoms with Gasteiger partial charge in [-0.05, 0) is 158 Å². The number of anilines is 4. The zero-order valence-corrected chi connectivity index (χ0v) is 96.0. The second-order valence-electron chi connectivity index (χ2n) is 34.4. The molecular formula is C87H89F4IN12Na4O26P4S6. The number of benzene rings is 6. The molecule has 57 heteroatoms. The van der Waals surface area contributed by atoms with Gasteiger partial charge < -0.3 is 187 Å². The molecule has 748 valence electrons. The standard InChI is InChI=1S/C26H28FN3O10P2S2.2C18H18FN3O3S2.C17H18FN3O3.C8H11IO7P2.4Na/c27-20-11-18-21(30(16-3-4-16)14-19(23(18)31)24(32)33)12-22(20)28-7-9-29(10-8-28)25(43)44-17-5-1-15(2-6-17)13-26(34,41(35,36)37)42(38,39)40;2*19-13-7-11-14(8-15(13)20-3-5-21(6-4-20)18(26)27)22(10-1-2-10)9-12(16(11)23)17(24)25;18-13-7-11-14(8-15(13)20-5-3-19-4-6-20)21(10-1-2-10)9-12(16(11)22)17(23)24;9-7-3-1-6(2-4-7)5-8(10,17(11,12)13)18(14,15)16;;;;/h1-2,5-6,11-12,14,16,34H,3-4,7-10,13H2,(H,32,33)(H2,35,36,37)(H2,38,39,40);2*7-10H,1-6H2,(H,24,25)(H,26,27);7-10,19H,1-6H2,(H,23,24);1-4,10H,5H2,(H2,11,12,13)(H2,14,15,16);;;;/q;;;;;4*+1/p-4. The fraction of sp³-hybridized carbons (Fsp3) is 0.368. The van der Waals surface area contributed by atoms with E-state index in [9.17, 15) is 120 Å². The van der Waals surface area contributed by atoms with E-state index in [1.165, 1.54) is 66.9 Å². The van der Waals surface area contributed by atoms with Crippen molar-refractivity contribution in [3.05, 3.63) is 223 Å². The molecule has 18 rings (SSSR count). The zero-order valence-electron chi connectivity index (χ0n) is 77.4. The van der Waals surface area contributed by atoms with E-state index in [2.05, 4.69) is 5.32 Å². The number of thiocarbonyl (C=S) groups is 3. The topological polar surface area (TPSA) is 548 Å². The third kappa shape index (κ3) is 27.4. The van der Waals surface area contributed by atoms with Gasteiger partial charge in [-0.2, -0.15) is 0 Å². The van der Waals surface area contributed by atoms with Crippen LogP contribution in [0.5, 0.6) is 0 Å². The van der Waals surface area contributed by atoms with Crippen molar-refractivity contribution in [2.75, 3.05) is 124 Å². The van der Waals surface area contributed by atoms with Crippen LogP contribution in [0.15, 0.2) is 146 Å². The third-order valence-electron chi connectivity index (χ3n) is 24.9. The van der Waals surface area contributed by atoms with Crippen LogP contribution in [-0.4, -0.2) is 244 Å². The minimum absolute atomic E-state index is 0. The number of fused-ring (bicyclic) bond motifs is 4. The Labute approximate surface area is 951 Å². The Hall–Kier alpha value is -5.37. The van der Waals surface area contributed by atoms with Crippen LogP contribution < -0.4 is 175 Å². The number of nitrogens with one attached hydrogen (secondary N) is 1. The number of nitrogens with zero attached hydrogens (tertiary/aromatic N) is 11. The molecule has 0 atom stereocenters. The third-order valence-corrected chi connectivity index (χ3v) is 35.6. The summed E-state index contributed by atoms with van der Waals surface area (Å²) in [4.78, 5) is 183. The number of pyridine rings is 4. The number of aromatic nitrogens is 4. The molecule has 4 saturated heterocycles. The van der Waals surface area contributed by atoms with Crippen LogP contribution in [0.25, 0.3) is 43.6 Å². The molecule has 6 aromatic carbocycles. The first kappa shape index (κ1) is 120. The number of hydrogen-bond acceptors (Lipinski definition) is 27. The maximum absolute atomic E-state index is 15.3. The van der Waals surface area contributed by atoms with Gasteiger partial charge >= 0.3 is 161 Å². The molecule has 0 amide bonds. The quantitative estimate of drug-likeness (QED) is 0.00609. The molecule has 4 aliphatic carbocycles. The molecule has 13 N–H and O–H groups in total. The van der Waals surface area contributed by atoms with Gasteiger partial charge in [0.15, 0.2) is 10.9 Å². The molecule has 0 radical (unpaired) electrons. The molecule has 144 heavy (non-hydrogen) atoms. The van der Waals surface area contributed by atoms with Crippen LogP contribution in [0.3, 0.4) is 0 Å². The molecule has 10 aromatic rings. The van der Waals surface area contributed by atoms with E-state index >= 15 is 4.39 Å². The maximum Gasteiger partial charge on any atom is 1.00 e. The summed E-state index contributed by atoms with van der Waals surface area (Å²) in [5, 5.41) is 57.7. The SMILES string of the molecule is O=C(O)c1cn(C2CC2)c2cc(N3CCN(C(=S)Sc4ccc(CC(O)(P(=O)(O)O)P(=O)(O)O)cc4)CC3)c(F)cc2c1=O.O=C(O)c1cn(C2CC2)c2cc(N3CCNCC3)c(F)cc2c1=O.O=C([O-])c1cn(C2CC2)c2cc(N3CCN(C(=S)[S-])CC3)c(F)cc2c1=O.O=C([O-])c1cn(C2CC2)c2cc(N3CCN(C(=S)[S-])CC3)c(F)cc2c1=O.O=P(O)(O)C(O)(Cc1ccc(I)cc1)P(=O)(O)O.[Na+].[Na+].[Na+].[Na+]. The van der Waals surface area contributed by atoms with Gasteiger partial charge in [0.25, 0.3) is 10.2 Å². The van der Waals surface area contributed by atoms with Crippen LogP contribution in [0, 0.1) is 26.8 Å². The van der Waals surface area contributed by atoms with Crippen molar-refractivity contribution in [2.45, 2.75) is 103 Å². The number of rotatable bonds is 21. The molecule has 8 aliphatic rings. The molecule has 38 nitrogen and oxygen atoms in total. The Kier molecular flexibility index (Phi) is 41.1. The Morgan fingerprint density at radius 2 is 0.646 bits per heavy atom. The van der Waals surface area contributed by atoms with Gasteiger partial charge in [-0.3, -0.25) is 37.4 Å². The molecule has 4 aliphatic heterocycles. The van der Waals surface area contributed by atoms with E-state index in [-0.39, 0.29) is 181 Å². The predicted octanol–water partition coefficient (Wildman–Crippen LogP) is -5.06. The normalized spacial score (nSPS) is 16.3. The van der Waals surface area contributed by atoms with E-state index in [1.807, 2.05) is 61.5 Å². The molecule has 8 heterocycles. The smallest absolute Gasteiger partial charge is 0.545 e. The first-order valence-electron chi connectivity index (χ1n) is 43.3. The molecular weight excluding hydrogens is 2240 g/mol. The summed E-state index contributed by atoms with van der Waals surface area (Å²) >= 11 is 28.9. The molecule has 4 aromatic heterocycles. The van der Waals surface area contributed by atoms with E-state index in [0.717, 1.165) is 86.2 Å². The average Bonchev–Trinajstić information content (AvgIpc) is 1.06. The average molecular weight is 2330 g/mol. The van der Waals surface area contributed by atoms with Crippen molar-refractivity contribution in [3.8, 4) is 0 Å². The number of carboxylic acids is 4. The van der Waals surface area contributed by atoms with Crippen molar-refractivity contribution in [1.82, 2.24) is 38.3 Å². The Bertz CT molecular complexity index is 6940. The van der Waals surface area contributed by atoms with Crippen LogP contribution in [-0.2, 0) is 56.4 Å².